The van der Waals surface area contributed by atoms with Gasteiger partial charge < -0.3 is 5.32 Å². The number of carbonyl (C=O) groups excluding carboxylic acids is 1. The van der Waals surface area contributed by atoms with E-state index in [-0.39, 0.29) is 17.4 Å². The van der Waals surface area contributed by atoms with Gasteiger partial charge in [0.1, 0.15) is 5.41 Å². The number of hydrogen-bond donors (Lipinski definition) is 1. The van der Waals surface area contributed by atoms with Crippen molar-refractivity contribution in [2.24, 2.45) is 10.8 Å². The third-order valence-electron chi connectivity index (χ3n) is 3.10. The highest BCUT2D eigenvalue weighted by Gasteiger charge is 2.33. The van der Waals surface area contributed by atoms with E-state index >= 15 is 0 Å². The fourth-order valence-electron chi connectivity index (χ4n) is 0.863. The maximum absolute atomic E-state index is 11.9. The van der Waals surface area contributed by atoms with Crippen molar-refractivity contribution in [3.05, 3.63) is 0 Å². The third-order valence-corrected chi connectivity index (χ3v) is 3.10. The zero-order valence-corrected chi connectivity index (χ0v) is 10.6. The summed E-state index contributed by atoms with van der Waals surface area (Å²) in [6.45, 7) is 11.7. The number of amides is 1. The number of carbonyl (C=O) groups is 1. The van der Waals surface area contributed by atoms with Gasteiger partial charge in [-0.2, -0.15) is 5.26 Å². The van der Waals surface area contributed by atoms with Crippen LogP contribution in [0.15, 0.2) is 0 Å². The summed E-state index contributed by atoms with van der Waals surface area (Å²) in [6.07, 6.45) is 0.534. The van der Waals surface area contributed by atoms with Crippen molar-refractivity contribution in [3.63, 3.8) is 0 Å². The number of rotatable bonds is 3. The first-order valence-electron chi connectivity index (χ1n) is 5.39. The minimum absolute atomic E-state index is 0.0137. The van der Waals surface area contributed by atoms with Gasteiger partial charge in [0, 0.05) is 6.04 Å². The summed E-state index contributed by atoms with van der Waals surface area (Å²) < 4.78 is 0. The van der Waals surface area contributed by atoms with Gasteiger partial charge in [-0.15, -0.1) is 0 Å². The molecule has 0 aliphatic carbocycles. The lowest BCUT2D eigenvalue weighted by molar-refractivity contribution is -0.129. The molecule has 3 nitrogen and oxygen atoms in total. The van der Waals surface area contributed by atoms with E-state index in [1.807, 2.05) is 13.8 Å². The summed E-state index contributed by atoms with van der Waals surface area (Å²) in [5, 5.41) is 11.9. The normalized spacial score (nSPS) is 17.4. The molecule has 1 amide bonds. The zero-order chi connectivity index (χ0) is 12.3. The van der Waals surface area contributed by atoms with Crippen LogP contribution in [0.5, 0.6) is 0 Å². The lowest BCUT2D eigenvalue weighted by Crippen LogP contribution is -2.47. The highest BCUT2D eigenvalue weighted by Crippen LogP contribution is 2.23. The van der Waals surface area contributed by atoms with Crippen LogP contribution in [0.2, 0.25) is 0 Å². The second-order valence-corrected chi connectivity index (χ2v) is 5.36. The largest absolute Gasteiger partial charge is 0.352 e. The van der Waals surface area contributed by atoms with Crippen molar-refractivity contribution in [3.8, 4) is 6.07 Å². The van der Waals surface area contributed by atoms with Crippen LogP contribution in [-0.2, 0) is 4.79 Å². The van der Waals surface area contributed by atoms with Crippen LogP contribution in [0.1, 0.15) is 48.0 Å². The SMILES string of the molecule is CCC(C)(C#N)C(=O)NC(C)C(C)(C)C. The van der Waals surface area contributed by atoms with Crippen LogP contribution >= 0.6 is 0 Å². The molecule has 0 aromatic heterocycles. The fraction of sp³-hybridized carbons (Fsp3) is 0.833. The molecule has 15 heavy (non-hydrogen) atoms. The molecule has 0 aliphatic heterocycles. The second kappa shape index (κ2) is 4.65. The van der Waals surface area contributed by atoms with Crippen LogP contribution in [0.25, 0.3) is 0 Å². The molecule has 0 heterocycles. The first-order chi connectivity index (χ1) is 6.67. The second-order valence-electron chi connectivity index (χ2n) is 5.36. The van der Waals surface area contributed by atoms with Crippen LogP contribution in [0, 0.1) is 22.2 Å². The number of hydrogen-bond acceptors (Lipinski definition) is 2. The van der Waals surface area contributed by atoms with Gasteiger partial charge >= 0.3 is 0 Å². The zero-order valence-electron chi connectivity index (χ0n) is 10.6. The summed E-state index contributed by atoms with van der Waals surface area (Å²) in [5.74, 6) is -0.171. The Balaban J connectivity index is 4.59. The Morgan fingerprint density at radius 1 is 1.40 bits per heavy atom. The standard InChI is InChI=1S/C12H22N2O/c1-7-12(6,8-13)10(15)14-9(2)11(3,4)5/h9H,7H2,1-6H3,(H,14,15). The summed E-state index contributed by atoms with van der Waals surface area (Å²) in [7, 11) is 0. The van der Waals surface area contributed by atoms with Crippen molar-refractivity contribution in [2.45, 2.75) is 54.0 Å². The minimum atomic E-state index is -0.903. The Kier molecular flexibility index (Phi) is 4.33. The van der Waals surface area contributed by atoms with Crippen LogP contribution in [0.3, 0.4) is 0 Å². The number of nitriles is 1. The average Bonchev–Trinajstić information content (AvgIpc) is 2.14. The maximum atomic E-state index is 11.9. The van der Waals surface area contributed by atoms with Crippen molar-refractivity contribution in [2.75, 3.05) is 0 Å². The van der Waals surface area contributed by atoms with Crippen molar-refractivity contribution in [1.82, 2.24) is 5.32 Å². The van der Waals surface area contributed by atoms with Gasteiger partial charge in [-0.3, -0.25) is 4.79 Å². The van der Waals surface area contributed by atoms with E-state index in [0.29, 0.717) is 6.42 Å². The number of nitrogens with zero attached hydrogens (tertiary/aromatic N) is 1. The Morgan fingerprint density at radius 2 is 1.87 bits per heavy atom. The molecule has 0 radical (unpaired) electrons. The predicted octanol–water partition coefficient (Wildman–Crippen LogP) is 2.48. The van der Waals surface area contributed by atoms with E-state index in [9.17, 15) is 4.79 Å². The first kappa shape index (κ1) is 14.0. The molecule has 2 atom stereocenters. The predicted molar refractivity (Wildman–Crippen MR) is 61.1 cm³/mol. The Labute approximate surface area is 92.9 Å². The molecule has 0 aliphatic rings. The molecule has 2 unspecified atom stereocenters. The monoisotopic (exact) mass is 210 g/mol. The topological polar surface area (TPSA) is 52.9 Å². The molecule has 0 spiro atoms. The molecule has 0 rings (SSSR count). The molecule has 3 heteroatoms. The molecule has 0 aromatic rings. The lowest BCUT2D eigenvalue weighted by Gasteiger charge is -2.30. The Morgan fingerprint density at radius 3 is 2.13 bits per heavy atom. The highest BCUT2D eigenvalue weighted by atomic mass is 16.2. The first-order valence-corrected chi connectivity index (χ1v) is 5.39. The third kappa shape index (κ3) is 3.54. The Hall–Kier alpha value is -1.04. The molecule has 0 saturated carbocycles. The summed E-state index contributed by atoms with van der Waals surface area (Å²) in [6, 6.07) is 2.13. The van der Waals surface area contributed by atoms with Crippen molar-refractivity contribution < 1.29 is 4.79 Å². The van der Waals surface area contributed by atoms with Gasteiger partial charge in [-0.1, -0.05) is 27.7 Å². The summed E-state index contributed by atoms with van der Waals surface area (Å²) in [5.41, 5.74) is -0.890. The van der Waals surface area contributed by atoms with Gasteiger partial charge in [0.05, 0.1) is 6.07 Å². The quantitative estimate of drug-likeness (QED) is 0.778. The molecule has 0 aromatic carbocycles. The lowest BCUT2D eigenvalue weighted by atomic mass is 9.84. The summed E-state index contributed by atoms with van der Waals surface area (Å²) >= 11 is 0. The van der Waals surface area contributed by atoms with E-state index in [1.54, 1.807) is 6.92 Å². The van der Waals surface area contributed by atoms with E-state index in [1.165, 1.54) is 0 Å². The van der Waals surface area contributed by atoms with Crippen LogP contribution in [0.4, 0.5) is 0 Å². The maximum Gasteiger partial charge on any atom is 0.240 e. The Bertz CT molecular complexity index is 272. The number of nitrogens with one attached hydrogen (secondary N) is 1. The molecule has 0 bridgehead atoms. The highest BCUT2D eigenvalue weighted by molar-refractivity contribution is 5.85. The smallest absolute Gasteiger partial charge is 0.240 e. The van der Waals surface area contributed by atoms with Crippen LogP contribution in [-0.4, -0.2) is 11.9 Å². The van der Waals surface area contributed by atoms with Crippen molar-refractivity contribution in [1.29, 1.82) is 5.26 Å². The minimum Gasteiger partial charge on any atom is -0.352 e. The fourth-order valence-corrected chi connectivity index (χ4v) is 0.863. The molecular weight excluding hydrogens is 188 g/mol. The van der Waals surface area contributed by atoms with E-state index in [4.69, 9.17) is 5.26 Å². The van der Waals surface area contributed by atoms with Crippen LogP contribution < -0.4 is 5.32 Å². The molecule has 1 N–H and O–H groups in total. The van der Waals surface area contributed by atoms with Gasteiger partial charge in [0.15, 0.2) is 0 Å². The van der Waals surface area contributed by atoms with E-state index in [2.05, 4.69) is 32.2 Å². The van der Waals surface area contributed by atoms with Gasteiger partial charge in [-0.05, 0) is 25.7 Å². The average molecular weight is 210 g/mol. The summed E-state index contributed by atoms with van der Waals surface area (Å²) in [4.78, 5) is 11.9. The molecule has 0 fully saturated rings. The van der Waals surface area contributed by atoms with Crippen molar-refractivity contribution >= 4 is 5.91 Å². The van der Waals surface area contributed by atoms with Gasteiger partial charge in [0.2, 0.25) is 5.91 Å². The van der Waals surface area contributed by atoms with Gasteiger partial charge in [-0.25, -0.2) is 0 Å². The molecule has 86 valence electrons. The van der Waals surface area contributed by atoms with E-state index < -0.39 is 5.41 Å². The molecular formula is C12H22N2O. The van der Waals surface area contributed by atoms with E-state index in [0.717, 1.165) is 0 Å². The molecule has 0 saturated heterocycles. The van der Waals surface area contributed by atoms with Gasteiger partial charge in [0.25, 0.3) is 0 Å².